The summed E-state index contributed by atoms with van der Waals surface area (Å²) in [6, 6.07) is 5.51. The molecular weight excluding hydrogens is 380 g/mol. The number of hydrogen-bond donors (Lipinski definition) is 1. The molecule has 0 spiro atoms. The minimum atomic E-state index is -1.41. The number of benzene rings is 1. The molecule has 4 atom stereocenters. The molecule has 6 heteroatoms. The third kappa shape index (κ3) is 1.90. The second-order valence-corrected chi connectivity index (χ2v) is 8.78. The Labute approximate surface area is 168 Å². The van der Waals surface area contributed by atoms with Gasteiger partial charge in [-0.1, -0.05) is 49.7 Å². The van der Waals surface area contributed by atoms with E-state index in [1.165, 1.54) is 0 Å². The average molecular weight is 399 g/mol. The van der Waals surface area contributed by atoms with Crippen LogP contribution < -0.4 is 5.32 Å². The first-order valence-corrected chi connectivity index (χ1v) is 9.54. The highest BCUT2D eigenvalue weighted by molar-refractivity contribution is 7.78. The molecule has 1 aromatic carbocycles. The van der Waals surface area contributed by atoms with Crippen molar-refractivity contribution in [2.45, 2.75) is 32.2 Å². The van der Waals surface area contributed by atoms with Crippen LogP contribution in [0.3, 0.4) is 0 Å². The molecule has 1 N–H and O–H groups in total. The summed E-state index contributed by atoms with van der Waals surface area (Å²) >= 11 is 11.7. The van der Waals surface area contributed by atoms with Crippen LogP contribution in [0.4, 0.5) is 5.69 Å². The maximum absolute atomic E-state index is 14.0. The lowest BCUT2D eigenvalue weighted by molar-refractivity contribution is -0.134. The van der Waals surface area contributed by atoms with E-state index in [0.717, 1.165) is 5.56 Å². The number of allylic oxidation sites excluding steroid dienone is 1. The highest BCUT2D eigenvalue weighted by Gasteiger charge is 2.67. The maximum atomic E-state index is 14.0. The molecule has 138 valence electrons. The minimum Gasteiger partial charge on any atom is -0.325 e. The number of nitrogens with zero attached hydrogens (tertiary/aromatic N) is 1. The van der Waals surface area contributed by atoms with E-state index in [9.17, 15) is 9.59 Å². The Bertz CT molecular complexity index is 1010. The van der Waals surface area contributed by atoms with E-state index in [1.54, 1.807) is 12.2 Å². The van der Waals surface area contributed by atoms with Crippen LogP contribution in [0.15, 0.2) is 47.0 Å². The van der Waals surface area contributed by atoms with Gasteiger partial charge in [-0.2, -0.15) is 0 Å². The number of thiocarbonyl (C=S) groups is 1. The van der Waals surface area contributed by atoms with Gasteiger partial charge < -0.3 is 5.32 Å². The van der Waals surface area contributed by atoms with Gasteiger partial charge in [-0.3, -0.25) is 9.59 Å². The third-order valence-electron chi connectivity index (χ3n) is 6.67. The van der Waals surface area contributed by atoms with Crippen LogP contribution in [0.5, 0.6) is 0 Å². The van der Waals surface area contributed by atoms with Crippen molar-refractivity contribution in [3.05, 3.63) is 53.1 Å². The van der Waals surface area contributed by atoms with Gasteiger partial charge in [0.2, 0.25) is 5.91 Å². The van der Waals surface area contributed by atoms with Crippen molar-refractivity contribution >= 4 is 46.4 Å². The largest absolute Gasteiger partial charge is 0.325 e. The Morgan fingerprint density at radius 1 is 1.33 bits per heavy atom. The monoisotopic (exact) mass is 398 g/mol. The first kappa shape index (κ1) is 18.3. The summed E-state index contributed by atoms with van der Waals surface area (Å²) in [5, 5.41) is 5.87. The Hall–Kier alpha value is -2.07. The Morgan fingerprint density at radius 2 is 2.04 bits per heavy atom. The quantitative estimate of drug-likeness (QED) is 0.451. The molecule has 1 amide bonds. The normalized spacial score (nSPS) is 35.3. The molecular formula is C21H19ClN2O2S. The highest BCUT2D eigenvalue weighted by Crippen LogP contribution is 2.64. The smallest absolute Gasteiger partial charge is 0.232 e. The number of fused-ring (bicyclic) bond motifs is 3. The zero-order chi connectivity index (χ0) is 19.8. The molecule has 1 heterocycles. The van der Waals surface area contributed by atoms with Crippen LogP contribution >= 0.6 is 23.8 Å². The van der Waals surface area contributed by atoms with E-state index < -0.39 is 28.2 Å². The fourth-order valence-corrected chi connectivity index (χ4v) is 5.56. The van der Waals surface area contributed by atoms with Crippen molar-refractivity contribution < 1.29 is 9.59 Å². The molecule has 0 fully saturated rings. The Balaban J connectivity index is 2.27. The second-order valence-electron chi connectivity index (χ2n) is 8.19. The summed E-state index contributed by atoms with van der Waals surface area (Å²) in [5.41, 5.74) is -0.947. The number of aliphatic imine (C=N–C) groups is 1. The predicted octanol–water partition coefficient (Wildman–Crippen LogP) is 4.57. The number of nitrogens with one attached hydrogen (secondary N) is 1. The number of isothiocyanates is 1. The number of Topliss-reactive ketones (excluding diaryl/α,β-unsaturated/α-hetero) is 1. The van der Waals surface area contributed by atoms with Gasteiger partial charge in [0.1, 0.15) is 0 Å². The molecule has 27 heavy (non-hydrogen) atoms. The molecule has 2 bridgehead atoms. The summed E-state index contributed by atoms with van der Waals surface area (Å²) in [4.78, 5) is 31.4. The second kappa shape index (κ2) is 5.48. The molecule has 1 aliphatic heterocycles. The first-order valence-electron chi connectivity index (χ1n) is 8.75. The number of anilines is 1. The zero-order valence-corrected chi connectivity index (χ0v) is 16.9. The molecule has 2 aliphatic carbocycles. The van der Waals surface area contributed by atoms with Gasteiger partial charge in [-0.25, -0.2) is 4.99 Å². The molecule has 4 unspecified atom stereocenters. The van der Waals surface area contributed by atoms with E-state index in [2.05, 4.69) is 22.0 Å². The van der Waals surface area contributed by atoms with E-state index in [1.807, 2.05) is 39.0 Å². The van der Waals surface area contributed by atoms with Crippen LogP contribution in [-0.4, -0.2) is 16.9 Å². The first-order chi connectivity index (χ1) is 12.7. The van der Waals surface area contributed by atoms with Crippen LogP contribution in [0, 0.1) is 16.7 Å². The zero-order valence-electron chi connectivity index (χ0n) is 15.3. The number of halogens is 1. The van der Waals surface area contributed by atoms with Crippen molar-refractivity contribution in [2.24, 2.45) is 21.7 Å². The van der Waals surface area contributed by atoms with Crippen molar-refractivity contribution in [3.8, 4) is 0 Å². The summed E-state index contributed by atoms with van der Waals surface area (Å²) in [7, 11) is 0. The van der Waals surface area contributed by atoms with E-state index in [0.29, 0.717) is 16.3 Å². The Morgan fingerprint density at radius 3 is 2.67 bits per heavy atom. The molecule has 4 rings (SSSR count). The van der Waals surface area contributed by atoms with Gasteiger partial charge >= 0.3 is 0 Å². The predicted molar refractivity (Wildman–Crippen MR) is 109 cm³/mol. The molecule has 0 aromatic heterocycles. The molecule has 0 saturated carbocycles. The van der Waals surface area contributed by atoms with Gasteiger partial charge in [-0.05, 0) is 41.7 Å². The fourth-order valence-electron chi connectivity index (χ4n) is 5.09. The van der Waals surface area contributed by atoms with E-state index >= 15 is 0 Å². The van der Waals surface area contributed by atoms with Crippen LogP contribution in [-0.2, 0) is 15.1 Å². The van der Waals surface area contributed by atoms with Gasteiger partial charge in [0.05, 0.1) is 16.5 Å². The average Bonchev–Trinajstić information content (AvgIpc) is 2.95. The van der Waals surface area contributed by atoms with E-state index in [4.69, 9.17) is 23.8 Å². The highest BCUT2D eigenvalue weighted by atomic mass is 35.5. The van der Waals surface area contributed by atoms with Gasteiger partial charge in [0, 0.05) is 16.6 Å². The number of rotatable bonds is 2. The number of ketones is 1. The standard InChI is InChI=1S/C21H19ClN2O2S/c1-5-20(4)14(22)9-12-17(25)21(20,23-10-27)11-7-6-8-13-15(11)16(18(26)24-13)19(12,2)3/h5-9,12,16H,1H2,2-4H3,(H,24,26). The molecule has 0 saturated heterocycles. The van der Waals surface area contributed by atoms with Crippen molar-refractivity contribution in [1.29, 1.82) is 0 Å². The van der Waals surface area contributed by atoms with Gasteiger partial charge in [0.25, 0.3) is 0 Å². The molecule has 1 aromatic rings. The van der Waals surface area contributed by atoms with Crippen molar-refractivity contribution in [1.82, 2.24) is 0 Å². The topological polar surface area (TPSA) is 58.5 Å². The lowest BCUT2D eigenvalue weighted by atomic mass is 9.57. The minimum absolute atomic E-state index is 0.117. The molecule has 3 aliphatic rings. The third-order valence-corrected chi connectivity index (χ3v) is 7.28. The Kier molecular flexibility index (Phi) is 3.71. The summed E-state index contributed by atoms with van der Waals surface area (Å²) in [6.07, 6.45) is 3.41. The molecule has 4 nitrogen and oxygen atoms in total. The van der Waals surface area contributed by atoms with Crippen molar-refractivity contribution in [2.75, 3.05) is 5.32 Å². The number of hydrogen-bond acceptors (Lipinski definition) is 4. The van der Waals surface area contributed by atoms with E-state index in [-0.39, 0.29) is 11.7 Å². The lowest BCUT2D eigenvalue weighted by Gasteiger charge is -2.48. The van der Waals surface area contributed by atoms with Crippen LogP contribution in [0.1, 0.15) is 37.8 Å². The summed E-state index contributed by atoms with van der Waals surface area (Å²) in [6.45, 7) is 9.64. The number of amides is 1. The van der Waals surface area contributed by atoms with Crippen LogP contribution in [0.25, 0.3) is 0 Å². The van der Waals surface area contributed by atoms with Gasteiger partial charge in [-0.15, -0.1) is 6.58 Å². The number of carbonyl (C=O) groups is 2. The van der Waals surface area contributed by atoms with Gasteiger partial charge in [0.15, 0.2) is 11.3 Å². The molecule has 0 radical (unpaired) electrons. The summed E-state index contributed by atoms with van der Waals surface area (Å²) in [5.74, 6) is -1.34. The lowest BCUT2D eigenvalue weighted by Crippen LogP contribution is -2.54. The van der Waals surface area contributed by atoms with Crippen LogP contribution in [0.2, 0.25) is 0 Å². The van der Waals surface area contributed by atoms with Crippen molar-refractivity contribution in [3.63, 3.8) is 0 Å². The summed E-state index contributed by atoms with van der Waals surface area (Å²) < 4.78 is 0. The maximum Gasteiger partial charge on any atom is 0.232 e. The number of carbonyl (C=O) groups excluding carboxylic acids is 2. The SMILES string of the molecule is C=CC1(C)C(Cl)=CC2C(=O)C1(N=C=S)c1cccc3c1C(C(=O)N3)C2(C)C. The fraction of sp³-hybridized carbons (Fsp3) is 0.381.